The van der Waals surface area contributed by atoms with Crippen molar-refractivity contribution in [3.8, 4) is 0 Å². The van der Waals surface area contributed by atoms with Crippen LogP contribution in [-0.4, -0.2) is 24.7 Å². The molecule has 6 heteroatoms. The maximum absolute atomic E-state index is 13.0. The fourth-order valence-corrected chi connectivity index (χ4v) is 4.55. The van der Waals surface area contributed by atoms with E-state index in [0.717, 1.165) is 48.9 Å². The zero-order valence-corrected chi connectivity index (χ0v) is 18.9. The predicted molar refractivity (Wildman–Crippen MR) is 124 cm³/mol. The molecule has 1 aliphatic rings. The number of amides is 1. The van der Waals surface area contributed by atoms with Crippen LogP contribution in [0.25, 0.3) is 0 Å². The highest BCUT2D eigenvalue weighted by atomic mass is 19.4. The molecule has 3 rings (SSSR count). The largest absolute Gasteiger partial charge is 0.389 e. The SMILES string of the molecule is Cc1ccc(CC(=O)Nc2ccccc2N(CC(C)CC(F)(F)F)C2CCCCC2)cc1. The zero-order valence-electron chi connectivity index (χ0n) is 18.9. The summed E-state index contributed by atoms with van der Waals surface area (Å²) in [7, 11) is 0. The number of hydrogen-bond donors (Lipinski definition) is 1. The minimum Gasteiger partial charge on any atom is -0.367 e. The lowest BCUT2D eigenvalue weighted by Crippen LogP contribution is -2.41. The topological polar surface area (TPSA) is 32.3 Å². The zero-order chi connectivity index (χ0) is 23.1. The second-order valence-corrected chi connectivity index (χ2v) is 9.10. The molecule has 0 bridgehead atoms. The van der Waals surface area contributed by atoms with Gasteiger partial charge in [-0.15, -0.1) is 0 Å². The van der Waals surface area contributed by atoms with Crippen molar-refractivity contribution >= 4 is 17.3 Å². The molecule has 1 fully saturated rings. The van der Waals surface area contributed by atoms with Crippen LogP contribution in [0, 0.1) is 12.8 Å². The van der Waals surface area contributed by atoms with Gasteiger partial charge in [0.15, 0.2) is 0 Å². The molecule has 1 N–H and O–H groups in total. The number of benzene rings is 2. The third kappa shape index (κ3) is 7.28. The van der Waals surface area contributed by atoms with Crippen LogP contribution in [0.15, 0.2) is 48.5 Å². The van der Waals surface area contributed by atoms with E-state index in [9.17, 15) is 18.0 Å². The second-order valence-electron chi connectivity index (χ2n) is 9.10. The molecule has 1 aliphatic carbocycles. The summed E-state index contributed by atoms with van der Waals surface area (Å²) in [6, 6.07) is 15.5. The average molecular weight is 447 g/mol. The number of nitrogens with zero attached hydrogens (tertiary/aromatic N) is 1. The van der Waals surface area contributed by atoms with Gasteiger partial charge in [-0.2, -0.15) is 13.2 Å². The van der Waals surface area contributed by atoms with E-state index in [-0.39, 0.29) is 18.4 Å². The van der Waals surface area contributed by atoms with Crippen molar-refractivity contribution in [1.82, 2.24) is 0 Å². The third-order valence-electron chi connectivity index (χ3n) is 6.08. The van der Waals surface area contributed by atoms with E-state index in [0.29, 0.717) is 12.2 Å². The van der Waals surface area contributed by atoms with E-state index >= 15 is 0 Å². The average Bonchev–Trinajstić information content (AvgIpc) is 2.74. The Balaban J connectivity index is 1.79. The summed E-state index contributed by atoms with van der Waals surface area (Å²) in [5.74, 6) is -0.665. The van der Waals surface area contributed by atoms with Crippen molar-refractivity contribution < 1.29 is 18.0 Å². The minimum atomic E-state index is -4.18. The van der Waals surface area contributed by atoms with Crippen LogP contribution < -0.4 is 10.2 Å². The summed E-state index contributed by atoms with van der Waals surface area (Å²) in [5, 5.41) is 3.01. The number of anilines is 2. The Labute approximate surface area is 189 Å². The molecule has 2 aromatic carbocycles. The Morgan fingerprint density at radius 2 is 1.72 bits per heavy atom. The van der Waals surface area contributed by atoms with E-state index in [2.05, 4.69) is 10.2 Å². The summed E-state index contributed by atoms with van der Waals surface area (Å²) in [5.41, 5.74) is 3.53. The second kappa shape index (κ2) is 10.9. The summed E-state index contributed by atoms with van der Waals surface area (Å²) in [4.78, 5) is 14.9. The normalized spacial score (nSPS) is 15.9. The van der Waals surface area contributed by atoms with Crippen LogP contribution in [0.3, 0.4) is 0 Å². The van der Waals surface area contributed by atoms with Crippen LogP contribution >= 0.6 is 0 Å². The lowest BCUT2D eigenvalue weighted by Gasteiger charge is -2.39. The Morgan fingerprint density at radius 1 is 1.06 bits per heavy atom. The Morgan fingerprint density at radius 3 is 2.38 bits per heavy atom. The van der Waals surface area contributed by atoms with E-state index < -0.39 is 18.5 Å². The van der Waals surface area contributed by atoms with Gasteiger partial charge in [0, 0.05) is 19.0 Å². The van der Waals surface area contributed by atoms with Crippen LogP contribution in [0.4, 0.5) is 24.5 Å². The van der Waals surface area contributed by atoms with Crippen molar-refractivity contribution in [1.29, 1.82) is 0 Å². The number of hydrogen-bond acceptors (Lipinski definition) is 2. The highest BCUT2D eigenvalue weighted by Crippen LogP contribution is 2.35. The quantitative estimate of drug-likeness (QED) is 0.478. The van der Waals surface area contributed by atoms with Gasteiger partial charge >= 0.3 is 6.18 Å². The third-order valence-corrected chi connectivity index (χ3v) is 6.08. The predicted octanol–water partition coefficient (Wildman–Crippen LogP) is 6.90. The molecule has 0 heterocycles. The summed E-state index contributed by atoms with van der Waals surface area (Å²) in [6.07, 6.45) is 0.514. The molecule has 2 aromatic rings. The molecular weight excluding hydrogens is 413 g/mol. The molecule has 0 radical (unpaired) electrons. The maximum atomic E-state index is 13.0. The Bertz CT molecular complexity index is 873. The molecule has 32 heavy (non-hydrogen) atoms. The molecular formula is C26H33F3N2O. The molecule has 174 valence electrons. The molecule has 1 unspecified atom stereocenters. The van der Waals surface area contributed by atoms with Crippen LogP contribution in [0.2, 0.25) is 0 Å². The lowest BCUT2D eigenvalue weighted by molar-refractivity contribution is -0.142. The van der Waals surface area contributed by atoms with Gasteiger partial charge in [0.2, 0.25) is 5.91 Å². The summed E-state index contributed by atoms with van der Waals surface area (Å²) in [6.45, 7) is 3.97. The number of halogens is 3. The molecule has 1 saturated carbocycles. The standard InChI is InChI=1S/C26H33F3N2O/c1-19-12-14-21(15-13-19)16-25(32)30-23-10-6-7-11-24(23)31(22-8-4-3-5-9-22)18-20(2)17-26(27,28)29/h6-7,10-15,20,22H,3-5,8-9,16-18H2,1-2H3,(H,30,32). The van der Waals surface area contributed by atoms with E-state index in [1.165, 1.54) is 0 Å². The first-order valence-corrected chi connectivity index (χ1v) is 11.5. The summed E-state index contributed by atoms with van der Waals surface area (Å²) < 4.78 is 39.0. The molecule has 3 nitrogen and oxygen atoms in total. The first-order chi connectivity index (χ1) is 15.2. The van der Waals surface area contributed by atoms with Crippen molar-refractivity contribution in [2.24, 2.45) is 5.92 Å². The van der Waals surface area contributed by atoms with Gasteiger partial charge in [0.05, 0.1) is 17.8 Å². The van der Waals surface area contributed by atoms with E-state index in [1.54, 1.807) is 6.92 Å². The number of carbonyl (C=O) groups is 1. The monoisotopic (exact) mass is 446 g/mol. The van der Waals surface area contributed by atoms with Gasteiger partial charge in [-0.25, -0.2) is 0 Å². The molecule has 0 aliphatic heterocycles. The fraction of sp³-hybridized carbons (Fsp3) is 0.500. The number of carbonyl (C=O) groups excluding carboxylic acids is 1. The molecule has 1 amide bonds. The minimum absolute atomic E-state index is 0.131. The van der Waals surface area contributed by atoms with Gasteiger partial charge < -0.3 is 10.2 Å². The number of alkyl halides is 3. The van der Waals surface area contributed by atoms with Crippen molar-refractivity contribution in [2.45, 2.75) is 71.0 Å². The molecule has 0 aromatic heterocycles. The highest BCUT2D eigenvalue weighted by Gasteiger charge is 2.32. The fourth-order valence-electron chi connectivity index (χ4n) is 4.55. The van der Waals surface area contributed by atoms with Crippen molar-refractivity contribution in [3.63, 3.8) is 0 Å². The van der Waals surface area contributed by atoms with Crippen LogP contribution in [0.5, 0.6) is 0 Å². The lowest BCUT2D eigenvalue weighted by atomic mass is 9.92. The van der Waals surface area contributed by atoms with E-state index in [1.807, 2.05) is 55.5 Å². The van der Waals surface area contributed by atoms with Gasteiger partial charge in [0.25, 0.3) is 0 Å². The van der Waals surface area contributed by atoms with Gasteiger partial charge in [-0.3, -0.25) is 4.79 Å². The summed E-state index contributed by atoms with van der Waals surface area (Å²) >= 11 is 0. The number of aryl methyl sites for hydroxylation is 1. The first kappa shape index (κ1) is 24.1. The van der Waals surface area contributed by atoms with Gasteiger partial charge in [-0.05, 0) is 43.4 Å². The Kier molecular flexibility index (Phi) is 8.21. The molecule has 0 saturated heterocycles. The van der Waals surface area contributed by atoms with Gasteiger partial charge in [0.1, 0.15) is 0 Å². The van der Waals surface area contributed by atoms with Gasteiger partial charge in [-0.1, -0.05) is 68.1 Å². The smallest absolute Gasteiger partial charge is 0.367 e. The molecule has 0 spiro atoms. The highest BCUT2D eigenvalue weighted by molar-refractivity contribution is 5.95. The van der Waals surface area contributed by atoms with Crippen LogP contribution in [0.1, 0.15) is 56.6 Å². The first-order valence-electron chi connectivity index (χ1n) is 11.5. The van der Waals surface area contributed by atoms with Crippen LogP contribution in [-0.2, 0) is 11.2 Å². The number of nitrogens with one attached hydrogen (secondary N) is 1. The van der Waals surface area contributed by atoms with E-state index in [4.69, 9.17) is 0 Å². The molecule has 1 atom stereocenters. The Hall–Kier alpha value is -2.50. The van der Waals surface area contributed by atoms with Crippen molar-refractivity contribution in [3.05, 3.63) is 59.7 Å². The van der Waals surface area contributed by atoms with Crippen molar-refractivity contribution in [2.75, 3.05) is 16.8 Å². The number of para-hydroxylation sites is 2. The number of rotatable bonds is 8. The maximum Gasteiger partial charge on any atom is 0.389 e.